The van der Waals surface area contributed by atoms with Gasteiger partial charge in [0.05, 0.1) is 5.69 Å². The number of amides is 4. The molecule has 4 aromatic rings. The summed E-state index contributed by atoms with van der Waals surface area (Å²) in [7, 11) is 0. The van der Waals surface area contributed by atoms with E-state index in [0.717, 1.165) is 33.2 Å². The van der Waals surface area contributed by atoms with Crippen molar-refractivity contribution in [3.63, 3.8) is 0 Å². The van der Waals surface area contributed by atoms with Crippen molar-refractivity contribution in [1.82, 2.24) is 5.32 Å². The summed E-state index contributed by atoms with van der Waals surface area (Å²) >= 11 is 12.3. The highest BCUT2D eigenvalue weighted by Gasteiger charge is 2.37. The lowest BCUT2D eigenvalue weighted by molar-refractivity contribution is -0.122. The summed E-state index contributed by atoms with van der Waals surface area (Å²) in [5.41, 5.74) is 2.50. The number of hydrogen-bond donors (Lipinski definition) is 1. The molecule has 0 spiro atoms. The van der Waals surface area contributed by atoms with Crippen molar-refractivity contribution >= 4 is 63.6 Å². The Balaban J connectivity index is 1.56. The number of carbonyl (C=O) groups excluding carboxylic acids is 3. The number of aryl methyl sites for hydroxylation is 1. The highest BCUT2D eigenvalue weighted by Crippen LogP contribution is 2.33. The van der Waals surface area contributed by atoms with Gasteiger partial charge < -0.3 is 4.74 Å². The highest BCUT2D eigenvalue weighted by atomic mass is 35.5. The molecule has 0 saturated carbocycles. The first-order valence-corrected chi connectivity index (χ1v) is 12.7. The number of imide groups is 2. The van der Waals surface area contributed by atoms with Gasteiger partial charge in [-0.05, 0) is 59.2 Å². The summed E-state index contributed by atoms with van der Waals surface area (Å²) < 4.78 is 6.13. The van der Waals surface area contributed by atoms with Gasteiger partial charge in [0.15, 0.2) is 0 Å². The van der Waals surface area contributed by atoms with Crippen LogP contribution in [0.5, 0.6) is 5.75 Å². The Morgan fingerprint density at radius 1 is 0.921 bits per heavy atom. The minimum atomic E-state index is -0.798. The van der Waals surface area contributed by atoms with Gasteiger partial charge in [-0.2, -0.15) is 0 Å². The van der Waals surface area contributed by atoms with E-state index in [2.05, 4.69) is 5.32 Å². The number of ether oxygens (including phenoxy) is 1. The fourth-order valence-corrected chi connectivity index (χ4v) is 4.72. The van der Waals surface area contributed by atoms with Gasteiger partial charge in [0.1, 0.15) is 17.9 Å². The zero-order valence-electron chi connectivity index (χ0n) is 20.3. The van der Waals surface area contributed by atoms with Crippen molar-refractivity contribution in [2.45, 2.75) is 20.0 Å². The van der Waals surface area contributed by atoms with E-state index in [1.54, 1.807) is 36.4 Å². The third-order valence-electron chi connectivity index (χ3n) is 6.32. The number of nitrogens with one attached hydrogen (secondary N) is 1. The molecule has 1 aliphatic rings. The van der Waals surface area contributed by atoms with E-state index in [9.17, 15) is 14.4 Å². The molecule has 1 fully saturated rings. The van der Waals surface area contributed by atoms with E-state index >= 15 is 0 Å². The van der Waals surface area contributed by atoms with Crippen molar-refractivity contribution in [2.24, 2.45) is 0 Å². The standard InChI is InChI=1S/C30H22Cl2N2O4/c1-2-18-7-12-22(13-8-18)34-29(36)25(28(35)33-30(34)37)16-24-23-6-4-3-5-19(23)10-14-27(24)38-17-20-9-11-21(31)15-26(20)32/h3-16H,2,17H2,1H3,(H,33,35,37)/b25-16+. The van der Waals surface area contributed by atoms with Crippen molar-refractivity contribution in [3.05, 3.63) is 111 Å². The fourth-order valence-electron chi connectivity index (χ4n) is 4.26. The summed E-state index contributed by atoms with van der Waals surface area (Å²) in [5, 5.41) is 4.92. The first-order valence-electron chi connectivity index (χ1n) is 11.9. The van der Waals surface area contributed by atoms with E-state index in [4.69, 9.17) is 27.9 Å². The Morgan fingerprint density at radius 2 is 1.68 bits per heavy atom. The predicted octanol–water partition coefficient (Wildman–Crippen LogP) is 6.95. The Bertz CT molecular complexity index is 1610. The molecule has 6 nitrogen and oxygen atoms in total. The number of halogens is 2. The molecular formula is C30H22Cl2N2O4. The maximum atomic E-state index is 13.5. The molecule has 1 N–H and O–H groups in total. The Labute approximate surface area is 229 Å². The van der Waals surface area contributed by atoms with Crippen LogP contribution in [-0.4, -0.2) is 17.8 Å². The number of benzene rings is 4. The van der Waals surface area contributed by atoms with Crippen molar-refractivity contribution in [2.75, 3.05) is 4.90 Å². The number of hydrogen-bond acceptors (Lipinski definition) is 4. The summed E-state index contributed by atoms with van der Waals surface area (Å²) in [4.78, 5) is 40.0. The molecule has 0 aliphatic carbocycles. The van der Waals surface area contributed by atoms with Gasteiger partial charge >= 0.3 is 6.03 Å². The van der Waals surface area contributed by atoms with Gasteiger partial charge in [-0.15, -0.1) is 0 Å². The molecule has 1 saturated heterocycles. The fraction of sp³-hybridized carbons (Fsp3) is 0.100. The number of nitrogens with zero attached hydrogens (tertiary/aromatic N) is 1. The number of rotatable bonds is 6. The molecule has 0 aromatic heterocycles. The zero-order chi connectivity index (χ0) is 26.8. The van der Waals surface area contributed by atoms with E-state index in [1.807, 2.05) is 49.4 Å². The first-order chi connectivity index (χ1) is 18.4. The molecule has 38 heavy (non-hydrogen) atoms. The summed E-state index contributed by atoms with van der Waals surface area (Å²) in [6.45, 7) is 2.15. The number of carbonyl (C=O) groups is 3. The van der Waals surface area contributed by atoms with Gasteiger partial charge in [0, 0.05) is 21.2 Å². The van der Waals surface area contributed by atoms with Crippen LogP contribution < -0.4 is 15.0 Å². The third kappa shape index (κ3) is 5.01. The van der Waals surface area contributed by atoms with Gasteiger partial charge in [-0.3, -0.25) is 14.9 Å². The molecule has 4 aromatic carbocycles. The summed E-state index contributed by atoms with van der Waals surface area (Å²) in [6.07, 6.45) is 2.29. The molecule has 4 amide bonds. The molecule has 0 unspecified atom stereocenters. The van der Waals surface area contributed by atoms with Crippen molar-refractivity contribution in [3.8, 4) is 5.75 Å². The Hall–Kier alpha value is -4.13. The molecule has 0 atom stereocenters. The van der Waals surface area contributed by atoms with Gasteiger partial charge in [-0.25, -0.2) is 9.69 Å². The maximum Gasteiger partial charge on any atom is 0.335 e. The van der Waals surface area contributed by atoms with Crippen molar-refractivity contribution < 1.29 is 19.1 Å². The largest absolute Gasteiger partial charge is 0.488 e. The third-order valence-corrected chi connectivity index (χ3v) is 6.91. The highest BCUT2D eigenvalue weighted by molar-refractivity contribution is 6.39. The minimum absolute atomic E-state index is 0.138. The normalized spacial score (nSPS) is 14.8. The zero-order valence-corrected chi connectivity index (χ0v) is 21.8. The van der Waals surface area contributed by atoms with Crippen LogP contribution in [0, 0.1) is 0 Å². The van der Waals surface area contributed by atoms with Crippen LogP contribution in [0.1, 0.15) is 23.6 Å². The lowest BCUT2D eigenvalue weighted by Gasteiger charge is -2.26. The van der Waals surface area contributed by atoms with Crippen LogP contribution in [0.3, 0.4) is 0 Å². The second-order valence-corrected chi connectivity index (χ2v) is 9.54. The Kier molecular flexibility index (Phi) is 7.18. The predicted molar refractivity (Wildman–Crippen MR) is 150 cm³/mol. The van der Waals surface area contributed by atoms with E-state index in [1.165, 1.54) is 6.08 Å². The quantitative estimate of drug-likeness (QED) is 0.210. The van der Waals surface area contributed by atoms with Crippen LogP contribution >= 0.6 is 23.2 Å². The lowest BCUT2D eigenvalue weighted by Crippen LogP contribution is -2.54. The van der Waals surface area contributed by atoms with Crippen LogP contribution in [0.4, 0.5) is 10.5 Å². The topological polar surface area (TPSA) is 75.7 Å². The van der Waals surface area contributed by atoms with Gasteiger partial charge in [-0.1, -0.05) is 78.7 Å². The van der Waals surface area contributed by atoms with Crippen LogP contribution in [0.2, 0.25) is 10.0 Å². The lowest BCUT2D eigenvalue weighted by atomic mass is 9.99. The average Bonchev–Trinajstić information content (AvgIpc) is 2.91. The van der Waals surface area contributed by atoms with Crippen LogP contribution in [0.15, 0.2) is 84.4 Å². The second kappa shape index (κ2) is 10.7. The van der Waals surface area contributed by atoms with E-state index in [0.29, 0.717) is 27.0 Å². The number of barbiturate groups is 1. The molecule has 1 aliphatic heterocycles. The molecule has 0 bridgehead atoms. The van der Waals surface area contributed by atoms with E-state index in [-0.39, 0.29) is 12.2 Å². The van der Waals surface area contributed by atoms with E-state index < -0.39 is 17.8 Å². The Morgan fingerprint density at radius 3 is 2.42 bits per heavy atom. The van der Waals surface area contributed by atoms with Gasteiger partial charge in [0.2, 0.25) is 0 Å². The number of urea groups is 1. The summed E-state index contributed by atoms with van der Waals surface area (Å²) in [5.74, 6) is -1.05. The molecular weight excluding hydrogens is 523 g/mol. The molecule has 8 heteroatoms. The number of fused-ring (bicyclic) bond motifs is 1. The minimum Gasteiger partial charge on any atom is -0.488 e. The summed E-state index contributed by atoms with van der Waals surface area (Å²) in [6, 6.07) is 22.6. The second-order valence-electron chi connectivity index (χ2n) is 8.70. The van der Waals surface area contributed by atoms with Crippen LogP contribution in [-0.2, 0) is 22.6 Å². The smallest absolute Gasteiger partial charge is 0.335 e. The average molecular weight is 545 g/mol. The molecule has 0 radical (unpaired) electrons. The molecule has 190 valence electrons. The first kappa shape index (κ1) is 25.5. The van der Waals surface area contributed by atoms with Gasteiger partial charge in [0.25, 0.3) is 11.8 Å². The molecule has 1 heterocycles. The number of anilines is 1. The molecule has 5 rings (SSSR count). The maximum absolute atomic E-state index is 13.5. The van der Waals surface area contributed by atoms with Crippen LogP contribution in [0.25, 0.3) is 16.8 Å². The monoisotopic (exact) mass is 544 g/mol. The van der Waals surface area contributed by atoms with Crippen molar-refractivity contribution in [1.29, 1.82) is 0 Å². The SMILES string of the molecule is CCc1ccc(N2C(=O)NC(=O)/C(=C\c3c(OCc4ccc(Cl)cc4Cl)ccc4ccccc34)C2=O)cc1.